The Morgan fingerprint density at radius 2 is 1.88 bits per heavy atom. The van der Waals surface area contributed by atoms with E-state index in [1.54, 1.807) is 26.0 Å². The molecule has 0 aliphatic rings. The van der Waals surface area contributed by atoms with Crippen LogP contribution < -0.4 is 10.5 Å². The summed E-state index contributed by atoms with van der Waals surface area (Å²) in [4.78, 5) is 11.8. The van der Waals surface area contributed by atoms with Crippen LogP contribution in [0.1, 0.15) is 31.1 Å². The van der Waals surface area contributed by atoms with Crippen molar-refractivity contribution in [2.24, 2.45) is 5.73 Å². The summed E-state index contributed by atoms with van der Waals surface area (Å²) in [6.45, 7) is 1.88. The molecular weight excluding hydrogens is 353 g/mol. The molecule has 2 aromatic rings. The minimum Gasteiger partial charge on any atom is -0.484 e. The number of carbonyl (C=O) groups excluding carboxylic acids is 1. The molecular formula is C16H19F3N4O3. The Kier molecular flexibility index (Phi) is 5.55. The highest BCUT2D eigenvalue weighted by molar-refractivity contribution is 5.77. The maximum absolute atomic E-state index is 12.2. The van der Waals surface area contributed by atoms with Gasteiger partial charge in [-0.1, -0.05) is 17.3 Å². The molecule has 0 fully saturated rings. The van der Waals surface area contributed by atoms with E-state index in [9.17, 15) is 18.0 Å². The third-order valence-electron chi connectivity index (χ3n) is 3.73. The molecule has 0 bridgehead atoms. The maximum atomic E-state index is 12.2. The van der Waals surface area contributed by atoms with Crippen LogP contribution in [-0.2, 0) is 15.1 Å². The van der Waals surface area contributed by atoms with Crippen molar-refractivity contribution < 1.29 is 27.4 Å². The molecule has 7 nitrogen and oxygen atoms in total. The van der Waals surface area contributed by atoms with E-state index in [1.165, 1.54) is 30.1 Å². The van der Waals surface area contributed by atoms with Crippen molar-refractivity contribution in [3.8, 4) is 5.75 Å². The Balaban J connectivity index is 2.12. The van der Waals surface area contributed by atoms with Crippen molar-refractivity contribution in [3.05, 3.63) is 41.7 Å². The van der Waals surface area contributed by atoms with Gasteiger partial charge in [-0.3, -0.25) is 0 Å². The standard InChI is InChI=1S/C16H19F3N4O3/c1-15(2,14(24)25-3)23-8-12(21-22-23)13(20)10-4-6-11(7-5-10)26-9-16(17,18)19/h4-8,13H,9,20H2,1-3H3/t13-/m0/s1. The van der Waals surface area contributed by atoms with Crippen LogP contribution >= 0.6 is 0 Å². The molecule has 2 N–H and O–H groups in total. The van der Waals surface area contributed by atoms with Gasteiger partial charge in [0.25, 0.3) is 0 Å². The van der Waals surface area contributed by atoms with Gasteiger partial charge in [0.2, 0.25) is 0 Å². The first-order valence-electron chi connectivity index (χ1n) is 7.61. The van der Waals surface area contributed by atoms with Gasteiger partial charge in [0.05, 0.1) is 19.3 Å². The molecule has 0 saturated carbocycles. The predicted molar refractivity (Wildman–Crippen MR) is 85.4 cm³/mol. The molecule has 1 atom stereocenters. The highest BCUT2D eigenvalue weighted by Gasteiger charge is 2.33. The Bertz CT molecular complexity index is 757. The first-order chi connectivity index (χ1) is 12.0. The van der Waals surface area contributed by atoms with Crippen molar-refractivity contribution in [2.75, 3.05) is 13.7 Å². The van der Waals surface area contributed by atoms with Crippen LogP contribution in [0.4, 0.5) is 13.2 Å². The number of benzene rings is 1. The second kappa shape index (κ2) is 7.32. The van der Waals surface area contributed by atoms with Gasteiger partial charge >= 0.3 is 12.1 Å². The molecule has 0 spiro atoms. The molecule has 0 radical (unpaired) electrons. The summed E-state index contributed by atoms with van der Waals surface area (Å²) in [5.41, 5.74) is 6.06. The Hall–Kier alpha value is -2.62. The number of esters is 1. The van der Waals surface area contributed by atoms with Gasteiger partial charge in [-0.25, -0.2) is 9.48 Å². The highest BCUT2D eigenvalue weighted by atomic mass is 19.4. The first kappa shape index (κ1) is 19.7. The average Bonchev–Trinajstić information content (AvgIpc) is 3.09. The van der Waals surface area contributed by atoms with E-state index in [0.717, 1.165) is 0 Å². The lowest BCUT2D eigenvalue weighted by Gasteiger charge is -2.21. The van der Waals surface area contributed by atoms with Gasteiger partial charge in [-0.15, -0.1) is 5.10 Å². The number of alkyl halides is 3. The second-order valence-corrected chi connectivity index (χ2v) is 6.09. The number of hydrogen-bond acceptors (Lipinski definition) is 6. The number of aromatic nitrogens is 3. The van der Waals surface area contributed by atoms with Gasteiger partial charge in [0.1, 0.15) is 11.4 Å². The second-order valence-electron chi connectivity index (χ2n) is 6.09. The monoisotopic (exact) mass is 372 g/mol. The largest absolute Gasteiger partial charge is 0.484 e. The maximum Gasteiger partial charge on any atom is 0.422 e. The molecule has 2 rings (SSSR count). The van der Waals surface area contributed by atoms with Crippen LogP contribution in [0.15, 0.2) is 30.5 Å². The minimum atomic E-state index is -4.40. The number of nitrogens with two attached hydrogens (primary N) is 1. The van der Waals surface area contributed by atoms with Crippen LogP contribution in [0, 0.1) is 0 Å². The van der Waals surface area contributed by atoms with Crippen molar-refractivity contribution in [1.82, 2.24) is 15.0 Å². The van der Waals surface area contributed by atoms with Crippen LogP contribution in [0.3, 0.4) is 0 Å². The quantitative estimate of drug-likeness (QED) is 0.782. The van der Waals surface area contributed by atoms with Crippen LogP contribution in [0.2, 0.25) is 0 Å². The fraction of sp³-hybridized carbons (Fsp3) is 0.438. The van der Waals surface area contributed by atoms with Gasteiger partial charge < -0.3 is 15.2 Å². The first-order valence-corrected chi connectivity index (χ1v) is 7.61. The molecule has 1 aromatic carbocycles. The van der Waals surface area contributed by atoms with E-state index in [4.69, 9.17) is 10.5 Å². The molecule has 0 unspecified atom stereocenters. The fourth-order valence-electron chi connectivity index (χ4n) is 2.14. The Labute approximate surface area is 147 Å². The van der Waals surface area contributed by atoms with E-state index in [0.29, 0.717) is 11.3 Å². The summed E-state index contributed by atoms with van der Waals surface area (Å²) < 4.78 is 47.2. The summed E-state index contributed by atoms with van der Waals surface area (Å²) >= 11 is 0. The third kappa shape index (κ3) is 4.51. The molecule has 1 heterocycles. The number of rotatable bonds is 6. The van der Waals surface area contributed by atoms with E-state index < -0.39 is 30.3 Å². The van der Waals surface area contributed by atoms with Gasteiger partial charge in [0, 0.05) is 0 Å². The number of methoxy groups -OCH3 is 1. The highest BCUT2D eigenvalue weighted by Crippen LogP contribution is 2.24. The zero-order valence-corrected chi connectivity index (χ0v) is 14.4. The van der Waals surface area contributed by atoms with Crippen LogP contribution in [0.5, 0.6) is 5.75 Å². The third-order valence-corrected chi connectivity index (χ3v) is 3.73. The van der Waals surface area contributed by atoms with Crippen molar-refractivity contribution in [3.63, 3.8) is 0 Å². The summed E-state index contributed by atoms with van der Waals surface area (Å²) in [6.07, 6.45) is -2.88. The summed E-state index contributed by atoms with van der Waals surface area (Å²) in [5, 5.41) is 7.88. The lowest BCUT2D eigenvalue weighted by atomic mass is 10.0. The molecule has 0 saturated heterocycles. The van der Waals surface area contributed by atoms with E-state index >= 15 is 0 Å². The van der Waals surface area contributed by atoms with Crippen molar-refractivity contribution in [2.45, 2.75) is 31.6 Å². The molecule has 10 heteroatoms. The fourth-order valence-corrected chi connectivity index (χ4v) is 2.14. The molecule has 1 aromatic heterocycles. The van der Waals surface area contributed by atoms with Gasteiger partial charge in [-0.2, -0.15) is 13.2 Å². The van der Waals surface area contributed by atoms with Gasteiger partial charge in [0.15, 0.2) is 12.1 Å². The summed E-state index contributed by atoms with van der Waals surface area (Å²) in [7, 11) is 1.27. The predicted octanol–water partition coefficient (Wildman–Crippen LogP) is 2.18. The number of carbonyl (C=O) groups is 1. The summed E-state index contributed by atoms with van der Waals surface area (Å²) in [5.74, 6) is -0.414. The molecule has 142 valence electrons. The Morgan fingerprint density at radius 1 is 1.27 bits per heavy atom. The normalized spacial score (nSPS) is 13.3. The molecule has 0 amide bonds. The SMILES string of the molecule is COC(=O)C(C)(C)n1cc([C@@H](N)c2ccc(OCC(F)(F)F)cc2)nn1. The lowest BCUT2D eigenvalue weighted by Crippen LogP contribution is -2.37. The number of hydrogen-bond donors (Lipinski definition) is 1. The topological polar surface area (TPSA) is 92.3 Å². The van der Waals surface area contributed by atoms with E-state index in [-0.39, 0.29) is 5.75 Å². The number of ether oxygens (including phenoxy) is 2. The van der Waals surface area contributed by atoms with E-state index in [1.807, 2.05) is 0 Å². The minimum absolute atomic E-state index is 0.0775. The Morgan fingerprint density at radius 3 is 2.42 bits per heavy atom. The van der Waals surface area contributed by atoms with Crippen LogP contribution in [0.25, 0.3) is 0 Å². The lowest BCUT2D eigenvalue weighted by molar-refractivity contribution is -0.153. The van der Waals surface area contributed by atoms with Crippen LogP contribution in [-0.4, -0.2) is 40.9 Å². The molecule has 26 heavy (non-hydrogen) atoms. The van der Waals surface area contributed by atoms with Crippen molar-refractivity contribution in [1.29, 1.82) is 0 Å². The van der Waals surface area contributed by atoms with Gasteiger partial charge in [-0.05, 0) is 31.5 Å². The average molecular weight is 372 g/mol. The summed E-state index contributed by atoms with van der Waals surface area (Å²) in [6, 6.07) is 5.20. The number of nitrogens with zero attached hydrogens (tertiary/aromatic N) is 3. The number of halogens is 3. The van der Waals surface area contributed by atoms with E-state index in [2.05, 4.69) is 15.0 Å². The molecule has 0 aliphatic carbocycles. The molecule has 0 aliphatic heterocycles. The smallest absolute Gasteiger partial charge is 0.422 e. The zero-order chi connectivity index (χ0) is 19.5. The van der Waals surface area contributed by atoms with Crippen molar-refractivity contribution >= 4 is 5.97 Å². The zero-order valence-electron chi connectivity index (χ0n) is 14.4.